The molecule has 3 heterocycles. The minimum absolute atomic E-state index is 0.00732. The second-order valence-corrected chi connectivity index (χ2v) is 11.1. The molecule has 1 N–H and O–H groups in total. The highest BCUT2D eigenvalue weighted by Gasteiger charge is 2.42. The molecule has 1 saturated heterocycles. The average Bonchev–Trinajstić information content (AvgIpc) is 3.42. The Morgan fingerprint density at radius 1 is 1.13 bits per heavy atom. The number of hydrogen-bond donors (Lipinski definition) is 1. The van der Waals surface area contributed by atoms with Crippen molar-refractivity contribution in [3.05, 3.63) is 46.2 Å². The maximum Gasteiger partial charge on any atom is 0.258 e. The summed E-state index contributed by atoms with van der Waals surface area (Å²) >= 11 is 6.81. The van der Waals surface area contributed by atoms with E-state index in [1.54, 1.807) is 4.68 Å². The molecule has 9 heteroatoms. The molecule has 0 radical (unpaired) electrons. The minimum Gasteiger partial charge on any atom is -0.361 e. The van der Waals surface area contributed by atoms with Gasteiger partial charge in [0.05, 0.1) is 34.4 Å². The molecule has 2 aromatic rings. The van der Waals surface area contributed by atoms with Crippen molar-refractivity contribution in [1.82, 2.24) is 14.7 Å². The Bertz CT molecular complexity index is 1110. The van der Waals surface area contributed by atoms with Crippen LogP contribution in [0.3, 0.4) is 0 Å². The van der Waals surface area contributed by atoms with Crippen molar-refractivity contribution in [3.8, 4) is 0 Å². The number of aromatic nitrogens is 2. The lowest BCUT2D eigenvalue weighted by Gasteiger charge is -2.41. The summed E-state index contributed by atoms with van der Waals surface area (Å²) in [7, 11) is -3.06. The van der Waals surface area contributed by atoms with Crippen molar-refractivity contribution in [2.45, 2.75) is 57.3 Å². The highest BCUT2D eigenvalue weighted by molar-refractivity contribution is 7.91. The molecule has 0 unspecified atom stereocenters. The molecule has 1 amide bonds. The van der Waals surface area contributed by atoms with Crippen molar-refractivity contribution in [1.29, 1.82) is 0 Å². The number of sulfone groups is 1. The number of para-hydroxylation sites is 1. The smallest absolute Gasteiger partial charge is 0.258 e. The molecule has 3 aliphatic rings. The van der Waals surface area contributed by atoms with E-state index in [1.807, 2.05) is 36.1 Å². The number of anilines is 1. The lowest BCUT2D eigenvalue weighted by molar-refractivity contribution is 0.0584. The van der Waals surface area contributed by atoms with Gasteiger partial charge in [-0.25, -0.2) is 13.1 Å². The number of rotatable bonds is 3. The fourth-order valence-electron chi connectivity index (χ4n) is 5.09. The molecule has 1 aromatic heterocycles. The number of nitrogens with one attached hydrogen (secondary N) is 1. The number of carbonyl (C=O) groups excluding carboxylic acids is 1. The van der Waals surface area contributed by atoms with Gasteiger partial charge in [-0.2, -0.15) is 5.10 Å². The van der Waals surface area contributed by atoms with Gasteiger partial charge in [-0.3, -0.25) is 4.79 Å². The average molecular weight is 449 g/mol. The van der Waals surface area contributed by atoms with Crippen LogP contribution in [0.2, 0.25) is 5.15 Å². The third-order valence-electron chi connectivity index (χ3n) is 6.58. The van der Waals surface area contributed by atoms with Gasteiger partial charge in [0.2, 0.25) is 0 Å². The molecule has 2 atom stereocenters. The second-order valence-electron chi connectivity index (χ2n) is 8.53. The van der Waals surface area contributed by atoms with Gasteiger partial charge in [-0.05, 0) is 38.3 Å². The van der Waals surface area contributed by atoms with E-state index < -0.39 is 16.0 Å². The molecule has 5 rings (SSSR count). The number of amides is 1. The van der Waals surface area contributed by atoms with Crippen LogP contribution in [0.1, 0.15) is 65.9 Å². The number of hydrogen-bond acceptors (Lipinski definition) is 5. The molecular formula is C21H25ClN4O3S. The van der Waals surface area contributed by atoms with E-state index >= 15 is 0 Å². The van der Waals surface area contributed by atoms with Crippen molar-refractivity contribution in [2.24, 2.45) is 0 Å². The Balaban J connectivity index is 1.59. The van der Waals surface area contributed by atoms with E-state index in [2.05, 4.69) is 10.4 Å². The van der Waals surface area contributed by atoms with Crippen LogP contribution in [0.4, 0.5) is 5.69 Å². The first-order chi connectivity index (χ1) is 14.4. The molecule has 7 nitrogen and oxygen atoms in total. The predicted molar refractivity (Wildman–Crippen MR) is 116 cm³/mol. The van der Waals surface area contributed by atoms with Crippen molar-refractivity contribution in [3.63, 3.8) is 0 Å². The number of carbonyl (C=O) groups is 1. The van der Waals surface area contributed by atoms with E-state index in [1.165, 1.54) is 0 Å². The number of fused-ring (bicyclic) bond motifs is 1. The lowest BCUT2D eigenvalue weighted by atomic mass is 10.0. The maximum atomic E-state index is 13.5. The standard InChI is InChI=1S/C21H25ClN4O3S/c1-13-18(19(22)26(24-13)15-10-11-30(28,29)12-15)20-23-17-9-5-4-8-16(17)21(27)25(20)14-6-2-3-7-14/h4-5,8-9,14-15,20,23H,2-3,6-7,10-12H2,1H3/t15-,20-/m0/s1. The highest BCUT2D eigenvalue weighted by Crippen LogP contribution is 2.42. The van der Waals surface area contributed by atoms with Gasteiger partial charge in [0.25, 0.3) is 5.91 Å². The molecule has 2 fully saturated rings. The fraction of sp³-hybridized carbons (Fsp3) is 0.524. The predicted octanol–water partition coefficient (Wildman–Crippen LogP) is 3.71. The molecule has 1 aliphatic carbocycles. The normalized spacial score (nSPS) is 26.1. The zero-order valence-electron chi connectivity index (χ0n) is 16.8. The van der Waals surface area contributed by atoms with Crippen molar-refractivity contribution >= 4 is 33.0 Å². The molecule has 30 heavy (non-hydrogen) atoms. The van der Waals surface area contributed by atoms with Crippen LogP contribution < -0.4 is 5.32 Å². The molecule has 1 aromatic carbocycles. The summed E-state index contributed by atoms with van der Waals surface area (Å²) in [4.78, 5) is 15.4. The fourth-order valence-corrected chi connectivity index (χ4v) is 7.20. The van der Waals surface area contributed by atoms with Crippen LogP contribution in [-0.2, 0) is 9.84 Å². The van der Waals surface area contributed by atoms with Gasteiger partial charge in [-0.1, -0.05) is 36.6 Å². The molecule has 2 aliphatic heterocycles. The quantitative estimate of drug-likeness (QED) is 0.773. The summed E-state index contributed by atoms with van der Waals surface area (Å²) in [6.07, 6.45) is 4.24. The Morgan fingerprint density at radius 2 is 1.87 bits per heavy atom. The molecule has 0 bridgehead atoms. The van der Waals surface area contributed by atoms with Crippen molar-refractivity contribution < 1.29 is 13.2 Å². The summed E-state index contributed by atoms with van der Waals surface area (Å²) in [6, 6.07) is 7.42. The summed E-state index contributed by atoms with van der Waals surface area (Å²) in [5, 5.41) is 8.56. The van der Waals surface area contributed by atoms with Gasteiger partial charge in [0.15, 0.2) is 9.84 Å². The molecule has 0 spiro atoms. The number of nitrogens with zero attached hydrogens (tertiary/aromatic N) is 3. The summed E-state index contributed by atoms with van der Waals surface area (Å²) < 4.78 is 25.6. The van der Waals surface area contributed by atoms with E-state index in [4.69, 9.17) is 11.6 Å². The van der Waals surface area contributed by atoms with Gasteiger partial charge in [-0.15, -0.1) is 0 Å². The zero-order chi connectivity index (χ0) is 21.0. The first-order valence-electron chi connectivity index (χ1n) is 10.5. The highest BCUT2D eigenvalue weighted by atomic mass is 35.5. The number of benzene rings is 1. The zero-order valence-corrected chi connectivity index (χ0v) is 18.4. The summed E-state index contributed by atoms with van der Waals surface area (Å²) in [5.41, 5.74) is 2.94. The first kappa shape index (κ1) is 19.9. The number of halogens is 1. The van der Waals surface area contributed by atoms with Gasteiger partial charge in [0.1, 0.15) is 11.3 Å². The minimum atomic E-state index is -3.06. The van der Waals surface area contributed by atoms with E-state index in [0.29, 0.717) is 17.1 Å². The van der Waals surface area contributed by atoms with Crippen LogP contribution in [0, 0.1) is 6.92 Å². The Labute approximate surface area is 181 Å². The molecule has 1 saturated carbocycles. The van der Waals surface area contributed by atoms with Crippen molar-refractivity contribution in [2.75, 3.05) is 16.8 Å². The van der Waals surface area contributed by atoms with Gasteiger partial charge in [0, 0.05) is 11.7 Å². The second kappa shape index (κ2) is 7.27. The van der Waals surface area contributed by atoms with Crippen LogP contribution >= 0.6 is 11.6 Å². The van der Waals surface area contributed by atoms with E-state index in [0.717, 1.165) is 42.6 Å². The van der Waals surface area contributed by atoms with Gasteiger partial charge >= 0.3 is 0 Å². The van der Waals surface area contributed by atoms with Crippen LogP contribution in [0.5, 0.6) is 0 Å². The first-order valence-corrected chi connectivity index (χ1v) is 12.7. The van der Waals surface area contributed by atoms with Crippen LogP contribution in [-0.4, -0.2) is 46.6 Å². The number of aryl methyl sites for hydroxylation is 1. The van der Waals surface area contributed by atoms with Gasteiger partial charge < -0.3 is 10.2 Å². The Morgan fingerprint density at radius 3 is 2.57 bits per heavy atom. The lowest BCUT2D eigenvalue weighted by Crippen LogP contribution is -2.48. The monoisotopic (exact) mass is 448 g/mol. The topological polar surface area (TPSA) is 84.3 Å². The van der Waals surface area contributed by atoms with Crippen LogP contribution in [0.25, 0.3) is 0 Å². The largest absolute Gasteiger partial charge is 0.361 e. The summed E-state index contributed by atoms with van der Waals surface area (Å²) in [5.74, 6) is 0.219. The molecular weight excluding hydrogens is 424 g/mol. The van der Waals surface area contributed by atoms with E-state index in [9.17, 15) is 13.2 Å². The maximum absolute atomic E-state index is 13.5. The summed E-state index contributed by atoms with van der Waals surface area (Å²) in [6.45, 7) is 1.88. The van der Waals surface area contributed by atoms with Crippen LogP contribution in [0.15, 0.2) is 24.3 Å². The Hall–Kier alpha value is -2.06. The molecule has 160 valence electrons. The SMILES string of the molecule is Cc1nn([C@H]2CCS(=O)(=O)C2)c(Cl)c1[C@H]1Nc2ccccc2C(=O)N1C1CCCC1. The third kappa shape index (κ3) is 3.21. The van der Waals surface area contributed by atoms with E-state index in [-0.39, 0.29) is 29.5 Å². The Kier molecular flexibility index (Phi) is 4.82. The third-order valence-corrected chi connectivity index (χ3v) is 8.71.